The minimum absolute atomic E-state index is 0.0242. The molecule has 4 unspecified atom stereocenters. The highest BCUT2D eigenvalue weighted by Crippen LogP contribution is 2.38. The van der Waals surface area contributed by atoms with Gasteiger partial charge in [-0.05, 0) is 25.8 Å². The van der Waals surface area contributed by atoms with Crippen LogP contribution in [0, 0.1) is 11.8 Å². The molecule has 0 N–H and O–H groups in total. The SMILES string of the molecule is COc1cc(Cl)c(C(=O)C2C(C)OC(C)C2C)cc1Cl. The van der Waals surface area contributed by atoms with E-state index in [0.717, 1.165) is 0 Å². The molecule has 0 bridgehead atoms. The van der Waals surface area contributed by atoms with E-state index < -0.39 is 0 Å². The minimum atomic E-state index is -0.202. The number of carbonyl (C=O) groups is 1. The highest BCUT2D eigenvalue weighted by molar-refractivity contribution is 6.37. The monoisotopic (exact) mass is 316 g/mol. The largest absolute Gasteiger partial charge is 0.495 e. The Bertz CT molecular complexity index is 530. The number of ether oxygens (including phenoxy) is 2. The van der Waals surface area contributed by atoms with E-state index in [0.29, 0.717) is 21.4 Å². The summed E-state index contributed by atoms with van der Waals surface area (Å²) in [5.41, 5.74) is 0.430. The molecule has 0 amide bonds. The molecule has 0 aromatic heterocycles. The highest BCUT2D eigenvalue weighted by atomic mass is 35.5. The Morgan fingerprint density at radius 2 is 1.80 bits per heavy atom. The number of hydrogen-bond acceptors (Lipinski definition) is 3. The Balaban J connectivity index is 2.37. The first kappa shape index (κ1) is 15.6. The zero-order chi connectivity index (χ0) is 15.0. The third-order valence-electron chi connectivity index (χ3n) is 4.05. The van der Waals surface area contributed by atoms with Crippen molar-refractivity contribution in [3.63, 3.8) is 0 Å². The summed E-state index contributed by atoms with van der Waals surface area (Å²) in [6, 6.07) is 3.15. The first-order valence-electron chi connectivity index (χ1n) is 6.59. The summed E-state index contributed by atoms with van der Waals surface area (Å²) in [6.07, 6.45) is -0.0594. The van der Waals surface area contributed by atoms with Crippen molar-refractivity contribution in [3.8, 4) is 5.75 Å². The maximum atomic E-state index is 12.7. The second-order valence-electron chi connectivity index (χ2n) is 5.26. The van der Waals surface area contributed by atoms with E-state index in [1.54, 1.807) is 12.1 Å². The molecular formula is C15H18Cl2O3. The fraction of sp³-hybridized carbons (Fsp3) is 0.533. The van der Waals surface area contributed by atoms with Crippen LogP contribution in [0.4, 0.5) is 0 Å². The number of carbonyl (C=O) groups excluding carboxylic acids is 1. The first-order chi connectivity index (χ1) is 9.36. The molecule has 2 rings (SSSR count). The lowest BCUT2D eigenvalue weighted by atomic mass is 9.83. The molecule has 0 radical (unpaired) electrons. The van der Waals surface area contributed by atoms with E-state index in [1.807, 2.05) is 20.8 Å². The van der Waals surface area contributed by atoms with Gasteiger partial charge in [0.1, 0.15) is 5.75 Å². The van der Waals surface area contributed by atoms with Crippen molar-refractivity contribution < 1.29 is 14.3 Å². The Labute approximate surface area is 129 Å². The van der Waals surface area contributed by atoms with E-state index in [9.17, 15) is 4.79 Å². The molecule has 4 atom stereocenters. The van der Waals surface area contributed by atoms with Crippen molar-refractivity contribution >= 4 is 29.0 Å². The quantitative estimate of drug-likeness (QED) is 0.782. The van der Waals surface area contributed by atoms with E-state index in [-0.39, 0.29) is 29.8 Å². The van der Waals surface area contributed by atoms with E-state index in [4.69, 9.17) is 32.7 Å². The number of rotatable bonds is 3. The molecule has 0 saturated carbocycles. The molecule has 20 heavy (non-hydrogen) atoms. The fourth-order valence-corrected chi connectivity index (χ4v) is 3.26. The maximum absolute atomic E-state index is 12.7. The topological polar surface area (TPSA) is 35.5 Å². The summed E-state index contributed by atoms with van der Waals surface area (Å²) in [7, 11) is 1.51. The van der Waals surface area contributed by atoms with Crippen LogP contribution in [0.25, 0.3) is 0 Å². The van der Waals surface area contributed by atoms with Crippen molar-refractivity contribution in [1.29, 1.82) is 0 Å². The van der Waals surface area contributed by atoms with Crippen LogP contribution < -0.4 is 4.74 Å². The average Bonchev–Trinajstić information content (AvgIpc) is 2.65. The van der Waals surface area contributed by atoms with Crippen LogP contribution in [0.2, 0.25) is 10.0 Å². The third-order valence-corrected chi connectivity index (χ3v) is 4.66. The van der Waals surface area contributed by atoms with E-state index in [1.165, 1.54) is 7.11 Å². The number of methoxy groups -OCH3 is 1. The Morgan fingerprint density at radius 1 is 1.15 bits per heavy atom. The predicted molar refractivity (Wildman–Crippen MR) is 80.0 cm³/mol. The summed E-state index contributed by atoms with van der Waals surface area (Å²) in [4.78, 5) is 12.7. The fourth-order valence-electron chi connectivity index (χ4n) is 2.77. The van der Waals surface area contributed by atoms with Gasteiger partial charge in [-0.25, -0.2) is 0 Å². The first-order valence-corrected chi connectivity index (χ1v) is 7.35. The summed E-state index contributed by atoms with van der Waals surface area (Å²) in [5.74, 6) is 0.385. The van der Waals surface area contributed by atoms with Gasteiger partial charge in [-0.3, -0.25) is 4.79 Å². The molecule has 1 aliphatic heterocycles. The van der Waals surface area contributed by atoms with Gasteiger partial charge in [-0.15, -0.1) is 0 Å². The number of halogens is 2. The van der Waals surface area contributed by atoms with E-state index >= 15 is 0 Å². The second-order valence-corrected chi connectivity index (χ2v) is 6.08. The molecule has 110 valence electrons. The van der Waals surface area contributed by atoms with Gasteiger partial charge in [0, 0.05) is 11.6 Å². The minimum Gasteiger partial charge on any atom is -0.495 e. The van der Waals surface area contributed by atoms with Gasteiger partial charge in [0.15, 0.2) is 5.78 Å². The van der Waals surface area contributed by atoms with Crippen molar-refractivity contribution in [2.75, 3.05) is 7.11 Å². The second kappa shape index (κ2) is 5.92. The number of Topliss-reactive ketones (excluding diaryl/α,β-unsaturated/α-hetero) is 1. The highest BCUT2D eigenvalue weighted by Gasteiger charge is 2.42. The molecule has 1 heterocycles. The van der Waals surface area contributed by atoms with Crippen molar-refractivity contribution in [2.24, 2.45) is 11.8 Å². The molecule has 1 aromatic rings. The number of benzene rings is 1. The molecular weight excluding hydrogens is 299 g/mol. The molecule has 1 saturated heterocycles. The van der Waals surface area contributed by atoms with Gasteiger partial charge in [0.05, 0.1) is 35.3 Å². The van der Waals surface area contributed by atoms with Crippen molar-refractivity contribution in [3.05, 3.63) is 27.7 Å². The van der Waals surface area contributed by atoms with E-state index in [2.05, 4.69) is 0 Å². The van der Waals surface area contributed by atoms with Gasteiger partial charge in [0.25, 0.3) is 0 Å². The predicted octanol–water partition coefficient (Wildman–Crippen LogP) is 4.24. The molecule has 0 aliphatic carbocycles. The van der Waals surface area contributed by atoms with Gasteiger partial charge in [-0.2, -0.15) is 0 Å². The Hall–Kier alpha value is -0.770. The molecule has 3 nitrogen and oxygen atoms in total. The lowest BCUT2D eigenvalue weighted by molar-refractivity contribution is 0.0491. The van der Waals surface area contributed by atoms with Gasteiger partial charge < -0.3 is 9.47 Å². The van der Waals surface area contributed by atoms with Gasteiger partial charge in [-0.1, -0.05) is 30.1 Å². The zero-order valence-electron chi connectivity index (χ0n) is 11.9. The van der Waals surface area contributed by atoms with Crippen LogP contribution in [0.15, 0.2) is 12.1 Å². The lowest BCUT2D eigenvalue weighted by Crippen LogP contribution is -2.27. The normalized spacial score (nSPS) is 29.5. The maximum Gasteiger partial charge on any atom is 0.170 e. The van der Waals surface area contributed by atoms with Crippen LogP contribution in [-0.4, -0.2) is 25.1 Å². The number of hydrogen-bond donors (Lipinski definition) is 0. The molecule has 0 spiro atoms. The molecule has 5 heteroatoms. The molecule has 1 aromatic carbocycles. The summed E-state index contributed by atoms with van der Waals surface area (Å²) in [6.45, 7) is 5.93. The average molecular weight is 317 g/mol. The Kier molecular flexibility index (Phi) is 4.62. The Morgan fingerprint density at radius 3 is 2.30 bits per heavy atom. The number of ketones is 1. The summed E-state index contributed by atoms with van der Waals surface area (Å²) >= 11 is 12.3. The van der Waals surface area contributed by atoms with Crippen molar-refractivity contribution in [2.45, 2.75) is 33.0 Å². The lowest BCUT2D eigenvalue weighted by Gasteiger charge is -2.18. The van der Waals surface area contributed by atoms with Crippen LogP contribution in [0.5, 0.6) is 5.75 Å². The summed E-state index contributed by atoms with van der Waals surface area (Å²) < 4.78 is 10.8. The van der Waals surface area contributed by atoms with Crippen LogP contribution in [-0.2, 0) is 4.74 Å². The summed E-state index contributed by atoms with van der Waals surface area (Å²) in [5, 5.41) is 0.739. The zero-order valence-corrected chi connectivity index (χ0v) is 13.5. The van der Waals surface area contributed by atoms with Gasteiger partial charge in [0.2, 0.25) is 0 Å². The molecule has 1 fully saturated rings. The van der Waals surface area contributed by atoms with Crippen molar-refractivity contribution in [1.82, 2.24) is 0 Å². The van der Waals surface area contributed by atoms with Crippen LogP contribution >= 0.6 is 23.2 Å². The van der Waals surface area contributed by atoms with Crippen LogP contribution in [0.3, 0.4) is 0 Å². The third kappa shape index (κ3) is 2.67. The molecule has 1 aliphatic rings. The van der Waals surface area contributed by atoms with Gasteiger partial charge >= 0.3 is 0 Å². The smallest absolute Gasteiger partial charge is 0.170 e. The standard InChI is InChI=1S/C15H18Cl2O3/c1-7-8(2)20-9(3)14(7)15(18)10-5-12(17)13(19-4)6-11(10)16/h5-9,14H,1-4H3. The van der Waals surface area contributed by atoms with Crippen LogP contribution in [0.1, 0.15) is 31.1 Å².